The molecule has 20 heavy (non-hydrogen) atoms. The zero-order chi connectivity index (χ0) is 15.4. The van der Waals surface area contributed by atoms with Crippen molar-refractivity contribution >= 4 is 25.7 Å². The number of ether oxygens (including phenoxy) is 1. The lowest BCUT2D eigenvalue weighted by Gasteiger charge is -2.10. The van der Waals surface area contributed by atoms with E-state index in [9.17, 15) is 21.2 Å². The van der Waals surface area contributed by atoms with E-state index in [1.54, 1.807) is 0 Å². The first-order chi connectivity index (χ1) is 9.15. The molecule has 0 bridgehead atoms. The summed E-state index contributed by atoms with van der Waals surface area (Å²) in [4.78, 5) is -0.381. The lowest BCUT2D eigenvalue weighted by molar-refractivity contribution is 0.199. The summed E-state index contributed by atoms with van der Waals surface area (Å²) in [5.74, 6) is -1.17. The summed E-state index contributed by atoms with van der Waals surface area (Å²) in [5, 5.41) is 4.89. The summed E-state index contributed by atoms with van der Waals surface area (Å²) in [6, 6.07) is 2.61. The van der Waals surface area contributed by atoms with Crippen LogP contribution in [0.3, 0.4) is 0 Å². The van der Waals surface area contributed by atoms with Crippen LogP contribution < -0.4 is 9.86 Å². The third-order valence-electron chi connectivity index (χ3n) is 2.29. The van der Waals surface area contributed by atoms with E-state index in [-0.39, 0.29) is 23.7 Å². The maximum Gasteiger partial charge on any atom is 0.238 e. The van der Waals surface area contributed by atoms with Gasteiger partial charge in [0, 0.05) is 13.7 Å². The van der Waals surface area contributed by atoms with E-state index in [0.29, 0.717) is 0 Å². The maximum absolute atomic E-state index is 13.5. The minimum Gasteiger partial charge on any atom is -0.385 e. The highest BCUT2D eigenvalue weighted by Gasteiger charge is 2.16. The predicted octanol–water partition coefficient (Wildman–Crippen LogP) is 0.251. The van der Waals surface area contributed by atoms with Crippen molar-refractivity contribution in [3.8, 4) is 0 Å². The van der Waals surface area contributed by atoms with Crippen molar-refractivity contribution in [1.82, 2.24) is 0 Å². The molecule has 0 saturated carbocycles. The number of anilines is 1. The van der Waals surface area contributed by atoms with Crippen molar-refractivity contribution in [3.05, 3.63) is 24.0 Å². The SMILES string of the molecule is COCCCS(=O)(=O)Nc1cc(S(N)(=O)=O)ccc1F. The molecular weight excluding hydrogens is 311 g/mol. The predicted molar refractivity (Wildman–Crippen MR) is 71.7 cm³/mol. The number of halogens is 1. The number of benzene rings is 1. The summed E-state index contributed by atoms with van der Waals surface area (Å²) in [7, 11) is -6.41. The fourth-order valence-electron chi connectivity index (χ4n) is 1.37. The zero-order valence-electron chi connectivity index (χ0n) is 10.7. The van der Waals surface area contributed by atoms with Gasteiger partial charge in [-0.25, -0.2) is 26.4 Å². The number of hydrogen-bond acceptors (Lipinski definition) is 5. The smallest absolute Gasteiger partial charge is 0.238 e. The zero-order valence-corrected chi connectivity index (χ0v) is 12.3. The molecule has 0 fully saturated rings. The molecule has 1 aromatic carbocycles. The fourth-order valence-corrected chi connectivity index (χ4v) is 3.00. The fraction of sp³-hybridized carbons (Fsp3) is 0.400. The van der Waals surface area contributed by atoms with E-state index < -0.39 is 31.6 Å². The molecule has 7 nitrogen and oxygen atoms in total. The third-order valence-corrected chi connectivity index (χ3v) is 4.56. The Kier molecular flexibility index (Phi) is 5.45. The van der Waals surface area contributed by atoms with Crippen molar-refractivity contribution in [3.63, 3.8) is 0 Å². The molecule has 114 valence electrons. The van der Waals surface area contributed by atoms with Gasteiger partial charge in [-0.05, 0) is 24.6 Å². The first kappa shape index (κ1) is 16.8. The Balaban J connectivity index is 2.97. The van der Waals surface area contributed by atoms with Gasteiger partial charge >= 0.3 is 0 Å². The van der Waals surface area contributed by atoms with Gasteiger partial charge in [-0.2, -0.15) is 0 Å². The highest BCUT2D eigenvalue weighted by molar-refractivity contribution is 7.92. The highest BCUT2D eigenvalue weighted by atomic mass is 32.2. The summed E-state index contributed by atoms with van der Waals surface area (Å²) < 4.78 is 65.8. The summed E-state index contributed by atoms with van der Waals surface area (Å²) in [6.45, 7) is 0.237. The van der Waals surface area contributed by atoms with Crippen molar-refractivity contribution in [2.24, 2.45) is 5.14 Å². The number of nitrogens with two attached hydrogens (primary N) is 1. The second-order valence-corrected chi connectivity index (χ2v) is 7.36. The van der Waals surface area contributed by atoms with E-state index in [1.165, 1.54) is 7.11 Å². The van der Waals surface area contributed by atoms with Crippen LogP contribution in [0.2, 0.25) is 0 Å². The quantitative estimate of drug-likeness (QED) is 0.697. The van der Waals surface area contributed by atoms with Crippen LogP contribution in [-0.2, 0) is 24.8 Å². The molecule has 0 aliphatic carbocycles. The molecule has 0 aliphatic rings. The number of rotatable bonds is 7. The van der Waals surface area contributed by atoms with Gasteiger partial charge in [-0.1, -0.05) is 0 Å². The largest absolute Gasteiger partial charge is 0.385 e. The average molecular weight is 326 g/mol. The lowest BCUT2D eigenvalue weighted by Crippen LogP contribution is -2.19. The molecule has 0 spiro atoms. The van der Waals surface area contributed by atoms with Gasteiger partial charge in [-0.3, -0.25) is 4.72 Å². The Hall–Kier alpha value is -1.23. The molecule has 3 N–H and O–H groups in total. The molecule has 0 heterocycles. The summed E-state index contributed by atoms with van der Waals surface area (Å²) in [5.41, 5.74) is -0.464. The molecular formula is C10H15FN2O5S2. The van der Waals surface area contributed by atoms with Crippen molar-refractivity contribution in [2.45, 2.75) is 11.3 Å². The van der Waals surface area contributed by atoms with Gasteiger partial charge in [0.15, 0.2) is 0 Å². The molecule has 0 aromatic heterocycles. The number of hydrogen-bond donors (Lipinski definition) is 2. The van der Waals surface area contributed by atoms with Gasteiger partial charge in [-0.15, -0.1) is 0 Å². The van der Waals surface area contributed by atoms with Crippen LogP contribution in [0.4, 0.5) is 10.1 Å². The van der Waals surface area contributed by atoms with E-state index in [2.05, 4.69) is 0 Å². The van der Waals surface area contributed by atoms with E-state index >= 15 is 0 Å². The minimum atomic E-state index is -4.04. The number of methoxy groups -OCH3 is 1. The second-order valence-electron chi connectivity index (χ2n) is 3.95. The highest BCUT2D eigenvalue weighted by Crippen LogP contribution is 2.20. The standard InChI is InChI=1S/C10H15FN2O5S2/c1-18-5-2-6-19(14,15)13-10-7-8(20(12,16)17)3-4-9(10)11/h3-4,7,13H,2,5-6H2,1H3,(H2,12,16,17). The molecule has 1 rings (SSSR count). The molecule has 0 unspecified atom stereocenters. The number of primary sulfonamides is 1. The normalized spacial score (nSPS) is 12.3. The van der Waals surface area contributed by atoms with Crippen LogP contribution in [0.1, 0.15) is 6.42 Å². The molecule has 1 aromatic rings. The Bertz CT molecular complexity index is 673. The van der Waals surface area contributed by atoms with Crippen LogP contribution >= 0.6 is 0 Å². The topological polar surface area (TPSA) is 116 Å². The maximum atomic E-state index is 13.5. The van der Waals surface area contributed by atoms with Gasteiger partial charge < -0.3 is 4.74 Å². The number of sulfonamides is 2. The van der Waals surface area contributed by atoms with Crippen LogP contribution in [0, 0.1) is 5.82 Å². The Morgan fingerprint density at radius 3 is 2.50 bits per heavy atom. The average Bonchev–Trinajstić information content (AvgIpc) is 2.30. The van der Waals surface area contributed by atoms with Gasteiger partial charge in [0.25, 0.3) is 0 Å². The Morgan fingerprint density at radius 1 is 1.30 bits per heavy atom. The van der Waals surface area contributed by atoms with E-state index in [0.717, 1.165) is 18.2 Å². The van der Waals surface area contributed by atoms with Gasteiger partial charge in [0.2, 0.25) is 20.0 Å². The van der Waals surface area contributed by atoms with Crippen LogP contribution in [0.15, 0.2) is 23.1 Å². The first-order valence-corrected chi connectivity index (χ1v) is 8.67. The molecule has 0 saturated heterocycles. The van der Waals surface area contributed by atoms with Crippen molar-refractivity contribution in [1.29, 1.82) is 0 Å². The van der Waals surface area contributed by atoms with Crippen molar-refractivity contribution in [2.75, 3.05) is 24.2 Å². The summed E-state index contributed by atoms with van der Waals surface area (Å²) >= 11 is 0. The summed E-state index contributed by atoms with van der Waals surface area (Å²) in [6.07, 6.45) is 0.225. The molecule has 0 atom stereocenters. The molecule has 0 amide bonds. The first-order valence-electron chi connectivity index (χ1n) is 5.47. The number of nitrogens with one attached hydrogen (secondary N) is 1. The van der Waals surface area contributed by atoms with Gasteiger partial charge in [0.1, 0.15) is 5.82 Å². The Labute approximate surface area is 117 Å². The monoisotopic (exact) mass is 326 g/mol. The van der Waals surface area contributed by atoms with Crippen LogP contribution in [-0.4, -0.2) is 36.3 Å². The minimum absolute atomic E-state index is 0.225. The Morgan fingerprint density at radius 2 is 1.95 bits per heavy atom. The van der Waals surface area contributed by atoms with Crippen LogP contribution in [0.5, 0.6) is 0 Å². The van der Waals surface area contributed by atoms with Crippen LogP contribution in [0.25, 0.3) is 0 Å². The second kappa shape index (κ2) is 6.48. The van der Waals surface area contributed by atoms with E-state index in [1.807, 2.05) is 4.72 Å². The third kappa shape index (κ3) is 5.04. The van der Waals surface area contributed by atoms with Crippen molar-refractivity contribution < 1.29 is 26.0 Å². The van der Waals surface area contributed by atoms with E-state index in [4.69, 9.17) is 9.88 Å². The van der Waals surface area contributed by atoms with Gasteiger partial charge in [0.05, 0.1) is 16.3 Å². The molecule has 0 radical (unpaired) electrons. The lowest BCUT2D eigenvalue weighted by atomic mass is 10.3. The molecule has 10 heteroatoms. The molecule has 0 aliphatic heterocycles.